The lowest BCUT2D eigenvalue weighted by molar-refractivity contribution is -0.0483. The Kier molecular flexibility index (Phi) is 8.88. The lowest BCUT2D eigenvalue weighted by atomic mass is 9.60. The van der Waals surface area contributed by atoms with E-state index in [-0.39, 0.29) is 6.10 Å². The number of ether oxygens (including phenoxy) is 2. The average Bonchev–Trinajstić information content (AvgIpc) is 3.11. The minimum absolute atomic E-state index is 0.192. The minimum atomic E-state index is -0.192. The Hall–Kier alpha value is -0.120. The molecule has 4 rings (SSSR count). The third-order valence-electron chi connectivity index (χ3n) is 11.2. The van der Waals surface area contributed by atoms with Crippen molar-refractivity contribution >= 4 is 0 Å². The zero-order valence-electron chi connectivity index (χ0n) is 22.5. The number of rotatable bonds is 5. The van der Waals surface area contributed by atoms with Gasteiger partial charge >= 0.3 is 0 Å². The molecule has 9 unspecified atom stereocenters. The van der Waals surface area contributed by atoms with E-state index in [0.717, 1.165) is 43.3 Å². The molecule has 4 fully saturated rings. The Morgan fingerprint density at radius 3 is 1.67 bits per heavy atom. The van der Waals surface area contributed by atoms with Crippen LogP contribution in [0.3, 0.4) is 0 Å². The van der Waals surface area contributed by atoms with Gasteiger partial charge in [-0.05, 0) is 118 Å². The second-order valence-electron chi connectivity index (χ2n) is 13.2. The van der Waals surface area contributed by atoms with Crippen molar-refractivity contribution in [3.8, 4) is 0 Å². The van der Waals surface area contributed by atoms with E-state index in [9.17, 15) is 5.11 Å². The molecule has 2 heterocycles. The second-order valence-corrected chi connectivity index (χ2v) is 13.2. The van der Waals surface area contributed by atoms with E-state index < -0.39 is 0 Å². The molecule has 192 valence electrons. The molecule has 4 aliphatic rings. The Morgan fingerprint density at radius 1 is 0.636 bits per heavy atom. The van der Waals surface area contributed by atoms with Crippen LogP contribution in [-0.4, -0.2) is 36.6 Å². The second kappa shape index (κ2) is 11.3. The fraction of sp³-hybridized carbons (Fsp3) is 1.00. The van der Waals surface area contributed by atoms with Crippen molar-refractivity contribution in [1.29, 1.82) is 0 Å². The standard InChI is InChI=1S/C30H54O3/c1-18-7-11-26(28-16-32-21(4)9-13-24(18)28)20(3)15-30(31)23(6)27-12-8-19(2)25-14-10-22(5)33-17-29(25)27/h18-31H,7-17H2,1-6H3/t18-,19-,20?,21?,22?,23?,24?,25?,26+,27+,28?,29?,30?/m1/s1. The van der Waals surface area contributed by atoms with Gasteiger partial charge in [-0.15, -0.1) is 0 Å². The first-order valence-corrected chi connectivity index (χ1v) is 14.7. The molecule has 0 spiro atoms. The molecular formula is C30H54O3. The summed E-state index contributed by atoms with van der Waals surface area (Å²) in [5.41, 5.74) is 0. The normalized spacial score (nSPS) is 47.4. The smallest absolute Gasteiger partial charge is 0.0571 e. The maximum Gasteiger partial charge on any atom is 0.0571 e. The monoisotopic (exact) mass is 462 g/mol. The largest absolute Gasteiger partial charge is 0.393 e. The summed E-state index contributed by atoms with van der Waals surface area (Å²) in [5, 5.41) is 11.5. The van der Waals surface area contributed by atoms with Crippen molar-refractivity contribution in [1.82, 2.24) is 0 Å². The van der Waals surface area contributed by atoms with Gasteiger partial charge in [0.2, 0.25) is 0 Å². The van der Waals surface area contributed by atoms with Crippen molar-refractivity contribution in [3.05, 3.63) is 0 Å². The average molecular weight is 463 g/mol. The molecule has 2 saturated carbocycles. The maximum absolute atomic E-state index is 11.5. The van der Waals surface area contributed by atoms with Crippen molar-refractivity contribution < 1.29 is 14.6 Å². The molecule has 0 radical (unpaired) electrons. The highest BCUT2D eigenvalue weighted by atomic mass is 16.5. The van der Waals surface area contributed by atoms with Gasteiger partial charge in [0.15, 0.2) is 0 Å². The first kappa shape index (κ1) is 26.0. The summed E-state index contributed by atoms with van der Waals surface area (Å²) in [7, 11) is 0. The Balaban J connectivity index is 1.40. The maximum atomic E-state index is 11.5. The Labute approximate surface area is 204 Å². The molecule has 13 atom stereocenters. The van der Waals surface area contributed by atoms with Gasteiger partial charge in [-0.3, -0.25) is 0 Å². The molecule has 0 aromatic heterocycles. The first-order valence-electron chi connectivity index (χ1n) is 14.7. The lowest BCUT2D eigenvalue weighted by Gasteiger charge is -2.46. The first-order chi connectivity index (χ1) is 15.8. The van der Waals surface area contributed by atoms with Crippen LogP contribution < -0.4 is 0 Å². The number of aliphatic hydroxyl groups is 1. The molecule has 0 aromatic rings. The zero-order valence-corrected chi connectivity index (χ0v) is 22.5. The zero-order chi connectivity index (χ0) is 23.7. The topological polar surface area (TPSA) is 38.7 Å². The van der Waals surface area contributed by atoms with E-state index in [2.05, 4.69) is 41.5 Å². The van der Waals surface area contributed by atoms with Gasteiger partial charge in [-0.1, -0.05) is 40.5 Å². The van der Waals surface area contributed by atoms with Gasteiger partial charge in [0, 0.05) is 0 Å². The highest BCUT2D eigenvalue weighted by Crippen LogP contribution is 2.49. The van der Waals surface area contributed by atoms with E-state index in [4.69, 9.17) is 9.47 Å². The summed E-state index contributed by atoms with van der Waals surface area (Å²) >= 11 is 0. The molecule has 2 saturated heterocycles. The third kappa shape index (κ3) is 5.83. The lowest BCUT2D eigenvalue weighted by Crippen LogP contribution is -2.43. The molecule has 0 bridgehead atoms. The molecule has 0 amide bonds. The van der Waals surface area contributed by atoms with Crippen molar-refractivity contribution in [2.24, 2.45) is 59.2 Å². The van der Waals surface area contributed by atoms with Gasteiger partial charge in [0.1, 0.15) is 0 Å². The molecule has 2 aliphatic heterocycles. The quantitative estimate of drug-likeness (QED) is 0.480. The minimum Gasteiger partial charge on any atom is -0.393 e. The van der Waals surface area contributed by atoms with E-state index in [1.54, 1.807) is 0 Å². The molecular weight excluding hydrogens is 408 g/mol. The van der Waals surface area contributed by atoms with Gasteiger partial charge in [-0.2, -0.15) is 0 Å². The molecule has 0 aromatic carbocycles. The van der Waals surface area contributed by atoms with Crippen LogP contribution in [0.25, 0.3) is 0 Å². The summed E-state index contributed by atoms with van der Waals surface area (Å²) in [4.78, 5) is 0. The van der Waals surface area contributed by atoms with Gasteiger partial charge in [0.05, 0.1) is 31.5 Å². The van der Waals surface area contributed by atoms with Crippen molar-refractivity contribution in [2.75, 3.05) is 13.2 Å². The molecule has 2 aliphatic carbocycles. The predicted octanol–water partition coefficient (Wildman–Crippen LogP) is 6.96. The Morgan fingerprint density at radius 2 is 1.12 bits per heavy atom. The summed E-state index contributed by atoms with van der Waals surface area (Å²) in [6.07, 6.45) is 11.9. The number of fused-ring (bicyclic) bond motifs is 2. The van der Waals surface area contributed by atoms with Crippen LogP contribution in [0.4, 0.5) is 0 Å². The molecule has 3 nitrogen and oxygen atoms in total. The number of hydrogen-bond donors (Lipinski definition) is 1. The molecule has 33 heavy (non-hydrogen) atoms. The fourth-order valence-corrected chi connectivity index (χ4v) is 8.72. The van der Waals surface area contributed by atoms with Crippen molar-refractivity contribution in [3.63, 3.8) is 0 Å². The van der Waals surface area contributed by atoms with Crippen LogP contribution in [0.5, 0.6) is 0 Å². The van der Waals surface area contributed by atoms with E-state index in [1.165, 1.54) is 51.4 Å². The fourth-order valence-electron chi connectivity index (χ4n) is 8.72. The summed E-state index contributed by atoms with van der Waals surface area (Å²) in [5.74, 6) is 6.82. The van der Waals surface area contributed by atoms with Crippen LogP contribution >= 0.6 is 0 Å². The van der Waals surface area contributed by atoms with Gasteiger partial charge in [0.25, 0.3) is 0 Å². The van der Waals surface area contributed by atoms with E-state index >= 15 is 0 Å². The summed E-state index contributed by atoms with van der Waals surface area (Å²) < 4.78 is 12.5. The van der Waals surface area contributed by atoms with Gasteiger partial charge < -0.3 is 14.6 Å². The summed E-state index contributed by atoms with van der Waals surface area (Å²) in [6, 6.07) is 0. The van der Waals surface area contributed by atoms with E-state index in [1.807, 2.05) is 0 Å². The van der Waals surface area contributed by atoms with Crippen LogP contribution in [0, 0.1) is 59.2 Å². The molecule has 1 N–H and O–H groups in total. The van der Waals surface area contributed by atoms with Crippen LogP contribution in [0.15, 0.2) is 0 Å². The van der Waals surface area contributed by atoms with E-state index in [0.29, 0.717) is 47.7 Å². The van der Waals surface area contributed by atoms with Crippen LogP contribution in [0.1, 0.15) is 99.3 Å². The number of aliphatic hydroxyl groups excluding tert-OH is 1. The SMILES string of the molecule is CC1CCC2C(CO1)[C@H](C(C)CC(O)C(C)[C@@H]1CC[C@@H](C)C3CCC(C)OCC31)CC[C@H]2C. The highest BCUT2D eigenvalue weighted by molar-refractivity contribution is 4.94. The van der Waals surface area contributed by atoms with Gasteiger partial charge in [-0.25, -0.2) is 0 Å². The molecule has 3 heteroatoms. The Bertz CT molecular complexity index is 607. The van der Waals surface area contributed by atoms with Crippen LogP contribution in [-0.2, 0) is 9.47 Å². The van der Waals surface area contributed by atoms with Crippen LogP contribution in [0.2, 0.25) is 0 Å². The number of hydrogen-bond acceptors (Lipinski definition) is 3. The van der Waals surface area contributed by atoms with Crippen molar-refractivity contribution in [2.45, 2.75) is 118 Å². The summed E-state index contributed by atoms with van der Waals surface area (Å²) in [6.45, 7) is 16.1. The predicted molar refractivity (Wildman–Crippen MR) is 136 cm³/mol. The third-order valence-corrected chi connectivity index (χ3v) is 11.2. The highest BCUT2D eigenvalue weighted by Gasteiger charge is 2.45.